The van der Waals surface area contributed by atoms with Gasteiger partial charge in [-0.3, -0.25) is 4.98 Å². The highest BCUT2D eigenvalue weighted by Crippen LogP contribution is 2.31. The summed E-state index contributed by atoms with van der Waals surface area (Å²) in [7, 11) is 0. The molecule has 29 heavy (non-hydrogen) atoms. The van der Waals surface area contributed by atoms with Gasteiger partial charge in [-0.15, -0.1) is 0 Å². The van der Waals surface area contributed by atoms with Gasteiger partial charge in [-0.2, -0.15) is 18.4 Å². The molecule has 1 aromatic heterocycles. The Kier molecular flexibility index (Phi) is 6.10. The predicted octanol–water partition coefficient (Wildman–Crippen LogP) is 5.38. The smallest absolute Gasteiger partial charge is 0.332 e. The summed E-state index contributed by atoms with van der Waals surface area (Å²) >= 11 is 5.51. The number of hydrogen-bond donors (Lipinski definition) is 1. The summed E-state index contributed by atoms with van der Waals surface area (Å²) in [6, 6.07) is 18.9. The standard InChI is InChI=1S/C21H15F3N4S/c22-21(23,24)16-6-10-19(11-7-16)28(14-18-3-1-2-12-26-18)20(29)27-17-8-4-15(13-25)5-9-17/h1-12H,14H2,(H,27,29). The Morgan fingerprint density at radius 1 is 1.03 bits per heavy atom. The molecule has 0 saturated heterocycles. The second kappa shape index (κ2) is 8.71. The Bertz CT molecular complexity index is 1010. The lowest BCUT2D eigenvalue weighted by Crippen LogP contribution is -2.34. The lowest BCUT2D eigenvalue weighted by molar-refractivity contribution is -0.137. The Labute approximate surface area is 171 Å². The van der Waals surface area contributed by atoms with E-state index in [1.54, 1.807) is 47.5 Å². The number of nitrogens with one attached hydrogen (secondary N) is 1. The number of aromatic nitrogens is 1. The molecule has 0 radical (unpaired) electrons. The van der Waals surface area contributed by atoms with Crippen molar-refractivity contribution in [1.82, 2.24) is 4.98 Å². The van der Waals surface area contributed by atoms with E-state index in [1.165, 1.54) is 12.1 Å². The van der Waals surface area contributed by atoms with E-state index in [-0.39, 0.29) is 6.54 Å². The second-order valence-corrected chi connectivity index (χ2v) is 6.46. The van der Waals surface area contributed by atoms with Gasteiger partial charge in [0.15, 0.2) is 5.11 Å². The van der Waals surface area contributed by atoms with E-state index in [9.17, 15) is 13.2 Å². The van der Waals surface area contributed by atoms with E-state index in [0.29, 0.717) is 27.7 Å². The monoisotopic (exact) mass is 412 g/mol. The zero-order valence-corrected chi connectivity index (χ0v) is 15.8. The van der Waals surface area contributed by atoms with Crippen molar-refractivity contribution in [3.05, 3.63) is 89.7 Å². The van der Waals surface area contributed by atoms with E-state index in [4.69, 9.17) is 17.5 Å². The molecule has 0 atom stereocenters. The molecule has 0 fully saturated rings. The molecule has 146 valence electrons. The number of rotatable bonds is 4. The van der Waals surface area contributed by atoms with Crippen molar-refractivity contribution in [3.8, 4) is 6.07 Å². The van der Waals surface area contributed by atoms with Gasteiger partial charge in [0.2, 0.25) is 0 Å². The minimum Gasteiger partial charge on any atom is -0.332 e. The van der Waals surface area contributed by atoms with Gasteiger partial charge in [-0.1, -0.05) is 6.07 Å². The number of pyridine rings is 1. The molecule has 0 aliphatic rings. The molecule has 0 aliphatic heterocycles. The molecule has 1 N–H and O–H groups in total. The van der Waals surface area contributed by atoms with Crippen LogP contribution in [0.5, 0.6) is 0 Å². The van der Waals surface area contributed by atoms with E-state index in [0.717, 1.165) is 12.1 Å². The average Bonchev–Trinajstić information content (AvgIpc) is 2.73. The summed E-state index contributed by atoms with van der Waals surface area (Å²) < 4.78 is 38.7. The van der Waals surface area contributed by atoms with Crippen molar-refractivity contribution in [3.63, 3.8) is 0 Å². The Hall–Kier alpha value is -3.44. The van der Waals surface area contributed by atoms with Gasteiger partial charge in [-0.25, -0.2) is 0 Å². The van der Waals surface area contributed by atoms with Gasteiger partial charge < -0.3 is 10.2 Å². The van der Waals surface area contributed by atoms with Crippen LogP contribution in [0.2, 0.25) is 0 Å². The van der Waals surface area contributed by atoms with Crippen molar-refractivity contribution < 1.29 is 13.2 Å². The Morgan fingerprint density at radius 2 is 1.72 bits per heavy atom. The number of nitriles is 1. The number of hydrogen-bond acceptors (Lipinski definition) is 3. The van der Waals surface area contributed by atoms with Crippen LogP contribution < -0.4 is 10.2 Å². The minimum atomic E-state index is -4.41. The van der Waals surface area contributed by atoms with Crippen LogP contribution in [0.4, 0.5) is 24.5 Å². The summed E-state index contributed by atoms with van der Waals surface area (Å²) in [5.74, 6) is 0. The maximum absolute atomic E-state index is 12.9. The Morgan fingerprint density at radius 3 is 2.28 bits per heavy atom. The van der Waals surface area contributed by atoms with Crippen LogP contribution in [-0.2, 0) is 12.7 Å². The third-order valence-corrected chi connectivity index (χ3v) is 4.39. The molecular weight excluding hydrogens is 397 g/mol. The second-order valence-electron chi connectivity index (χ2n) is 6.07. The highest BCUT2D eigenvalue weighted by atomic mass is 32.1. The zero-order valence-electron chi connectivity index (χ0n) is 15.0. The van der Waals surface area contributed by atoms with Crippen molar-refractivity contribution in [2.45, 2.75) is 12.7 Å². The van der Waals surface area contributed by atoms with Crippen LogP contribution in [0.1, 0.15) is 16.8 Å². The first-order chi connectivity index (χ1) is 13.9. The lowest BCUT2D eigenvalue weighted by atomic mass is 10.2. The first-order valence-corrected chi connectivity index (χ1v) is 8.93. The van der Waals surface area contributed by atoms with Gasteiger partial charge >= 0.3 is 6.18 Å². The van der Waals surface area contributed by atoms with E-state index < -0.39 is 11.7 Å². The molecule has 0 unspecified atom stereocenters. The van der Waals surface area contributed by atoms with Gasteiger partial charge in [0.25, 0.3) is 0 Å². The number of halogens is 3. The fourth-order valence-electron chi connectivity index (χ4n) is 2.58. The molecule has 8 heteroatoms. The molecule has 0 spiro atoms. The highest BCUT2D eigenvalue weighted by Gasteiger charge is 2.30. The third kappa shape index (κ3) is 5.30. The first kappa shape index (κ1) is 20.3. The molecule has 3 rings (SSSR count). The molecule has 1 heterocycles. The van der Waals surface area contributed by atoms with Gasteiger partial charge in [0.1, 0.15) is 0 Å². The number of alkyl halides is 3. The van der Waals surface area contributed by atoms with Gasteiger partial charge in [-0.05, 0) is 72.9 Å². The normalized spacial score (nSPS) is 10.8. The number of benzene rings is 2. The SMILES string of the molecule is N#Cc1ccc(NC(=S)N(Cc2ccccn2)c2ccc(C(F)(F)F)cc2)cc1. The van der Waals surface area contributed by atoms with Gasteiger partial charge in [0.05, 0.1) is 29.4 Å². The molecule has 3 aromatic rings. The number of thiocarbonyl (C=S) groups is 1. The van der Waals surface area contributed by atoms with Crippen LogP contribution in [0.15, 0.2) is 72.9 Å². The lowest BCUT2D eigenvalue weighted by Gasteiger charge is -2.26. The number of nitrogens with zero attached hydrogens (tertiary/aromatic N) is 3. The highest BCUT2D eigenvalue weighted by molar-refractivity contribution is 7.80. The molecular formula is C21H15F3N4S. The number of anilines is 2. The van der Waals surface area contributed by atoms with E-state index >= 15 is 0 Å². The first-order valence-electron chi connectivity index (χ1n) is 8.52. The van der Waals surface area contributed by atoms with Crippen LogP contribution >= 0.6 is 12.2 Å². The van der Waals surface area contributed by atoms with Crippen LogP contribution in [-0.4, -0.2) is 10.1 Å². The Balaban J connectivity index is 1.87. The summed E-state index contributed by atoms with van der Waals surface area (Å²) in [5, 5.41) is 12.2. The minimum absolute atomic E-state index is 0.272. The van der Waals surface area contributed by atoms with Crippen molar-refractivity contribution in [2.75, 3.05) is 10.2 Å². The molecule has 0 saturated carbocycles. The summed E-state index contributed by atoms with van der Waals surface area (Å²) in [4.78, 5) is 5.93. The van der Waals surface area contributed by atoms with Crippen molar-refractivity contribution >= 4 is 28.7 Å². The zero-order chi connectivity index (χ0) is 20.9. The molecule has 0 amide bonds. The third-order valence-electron chi connectivity index (χ3n) is 4.06. The topological polar surface area (TPSA) is 52.0 Å². The fourth-order valence-corrected chi connectivity index (χ4v) is 2.87. The molecule has 0 aliphatic carbocycles. The average molecular weight is 412 g/mol. The van der Waals surface area contributed by atoms with E-state index in [2.05, 4.69) is 10.3 Å². The van der Waals surface area contributed by atoms with Crippen molar-refractivity contribution in [2.24, 2.45) is 0 Å². The summed E-state index contributed by atoms with van der Waals surface area (Å²) in [5.41, 5.74) is 1.64. The predicted molar refractivity (Wildman–Crippen MR) is 109 cm³/mol. The fraction of sp³-hybridized carbons (Fsp3) is 0.0952. The summed E-state index contributed by atoms with van der Waals surface area (Å²) in [6.07, 6.45) is -2.77. The molecule has 4 nitrogen and oxygen atoms in total. The largest absolute Gasteiger partial charge is 0.416 e. The van der Waals surface area contributed by atoms with Crippen LogP contribution in [0.25, 0.3) is 0 Å². The summed E-state index contributed by atoms with van der Waals surface area (Å²) in [6.45, 7) is 0.272. The maximum Gasteiger partial charge on any atom is 0.416 e. The quantitative estimate of drug-likeness (QED) is 0.584. The molecule has 2 aromatic carbocycles. The molecule has 0 bridgehead atoms. The van der Waals surface area contributed by atoms with Crippen molar-refractivity contribution in [1.29, 1.82) is 5.26 Å². The van der Waals surface area contributed by atoms with E-state index in [1.807, 2.05) is 12.1 Å². The van der Waals surface area contributed by atoms with Crippen LogP contribution in [0.3, 0.4) is 0 Å². The maximum atomic E-state index is 12.9. The van der Waals surface area contributed by atoms with Gasteiger partial charge in [0, 0.05) is 17.6 Å². The van der Waals surface area contributed by atoms with Crippen LogP contribution in [0, 0.1) is 11.3 Å².